The molecule has 1 aromatic carbocycles. The smallest absolute Gasteiger partial charge is 0.329 e. The molecule has 1 heterocycles. The number of esters is 1. The predicted molar refractivity (Wildman–Crippen MR) is 87.5 cm³/mol. The number of benzene rings is 1. The van der Waals surface area contributed by atoms with E-state index < -0.39 is 0 Å². The first-order valence-electron chi connectivity index (χ1n) is 8.74. The summed E-state index contributed by atoms with van der Waals surface area (Å²) in [6, 6.07) is 9.28. The first-order valence-corrected chi connectivity index (χ1v) is 8.74. The van der Waals surface area contributed by atoms with E-state index in [4.69, 9.17) is 4.74 Å². The van der Waals surface area contributed by atoms with Gasteiger partial charge in [0.1, 0.15) is 12.6 Å². The van der Waals surface area contributed by atoms with E-state index in [0.29, 0.717) is 18.9 Å². The zero-order chi connectivity index (χ0) is 16.1. The molecule has 1 saturated carbocycles. The Hall–Kier alpha value is -1.84. The molecule has 1 saturated heterocycles. The Labute approximate surface area is 137 Å². The number of ether oxygens (including phenoxy) is 1. The molecule has 0 N–H and O–H groups in total. The van der Waals surface area contributed by atoms with Crippen LogP contribution in [0.15, 0.2) is 30.3 Å². The van der Waals surface area contributed by atoms with Gasteiger partial charge >= 0.3 is 5.97 Å². The van der Waals surface area contributed by atoms with Crippen LogP contribution in [0.3, 0.4) is 0 Å². The van der Waals surface area contributed by atoms with E-state index in [9.17, 15) is 9.59 Å². The van der Waals surface area contributed by atoms with Gasteiger partial charge < -0.3 is 9.64 Å². The molecular formula is C19H25NO3. The molecule has 23 heavy (non-hydrogen) atoms. The average molecular weight is 315 g/mol. The summed E-state index contributed by atoms with van der Waals surface area (Å²) in [5.74, 6) is 0.395. The molecule has 4 nitrogen and oxygen atoms in total. The summed E-state index contributed by atoms with van der Waals surface area (Å²) in [6.07, 6.45) is 7.00. The number of rotatable bonds is 5. The van der Waals surface area contributed by atoms with Gasteiger partial charge in [0.15, 0.2) is 0 Å². The minimum absolute atomic E-state index is 0.135. The summed E-state index contributed by atoms with van der Waals surface area (Å²) in [5.41, 5.74) is 0.975. The lowest BCUT2D eigenvalue weighted by Gasteiger charge is -2.24. The maximum absolute atomic E-state index is 12.5. The minimum Gasteiger partial charge on any atom is -0.459 e. The normalized spacial score (nSPS) is 21.6. The number of hydrogen-bond donors (Lipinski definition) is 0. The van der Waals surface area contributed by atoms with Gasteiger partial charge in [0.25, 0.3) is 0 Å². The quantitative estimate of drug-likeness (QED) is 0.783. The summed E-state index contributed by atoms with van der Waals surface area (Å²) in [4.78, 5) is 26.6. The summed E-state index contributed by atoms with van der Waals surface area (Å²) in [6.45, 7) is 0.970. The SMILES string of the molecule is O=C(OCc1ccccc1)[C@@H]1CCCN1C(=O)CC1CCCC1. The van der Waals surface area contributed by atoms with Crippen LogP contribution in [0.1, 0.15) is 50.5 Å². The van der Waals surface area contributed by atoms with Crippen molar-refractivity contribution >= 4 is 11.9 Å². The van der Waals surface area contributed by atoms with Crippen LogP contribution in [0.4, 0.5) is 0 Å². The summed E-state index contributed by atoms with van der Waals surface area (Å²) < 4.78 is 5.43. The first kappa shape index (κ1) is 16.0. The number of likely N-dealkylation sites (tertiary alicyclic amines) is 1. The third kappa shape index (κ3) is 4.12. The average Bonchev–Trinajstić information content (AvgIpc) is 3.24. The van der Waals surface area contributed by atoms with Crippen LogP contribution >= 0.6 is 0 Å². The largest absolute Gasteiger partial charge is 0.459 e. The second-order valence-corrected chi connectivity index (χ2v) is 6.69. The van der Waals surface area contributed by atoms with Gasteiger partial charge in [0.05, 0.1) is 0 Å². The maximum Gasteiger partial charge on any atom is 0.329 e. The number of carbonyl (C=O) groups excluding carboxylic acids is 2. The van der Waals surface area contributed by atoms with E-state index in [-0.39, 0.29) is 24.5 Å². The van der Waals surface area contributed by atoms with Crippen LogP contribution in [0.2, 0.25) is 0 Å². The second-order valence-electron chi connectivity index (χ2n) is 6.69. The Balaban J connectivity index is 1.52. The zero-order valence-electron chi connectivity index (χ0n) is 13.6. The number of nitrogens with zero attached hydrogens (tertiary/aromatic N) is 1. The fourth-order valence-electron chi connectivity index (χ4n) is 3.71. The number of carbonyl (C=O) groups is 2. The van der Waals surface area contributed by atoms with Crippen LogP contribution in [0.25, 0.3) is 0 Å². The molecule has 1 amide bonds. The highest BCUT2D eigenvalue weighted by atomic mass is 16.5. The Morgan fingerprint density at radius 3 is 2.52 bits per heavy atom. The predicted octanol–water partition coefficient (Wildman–Crippen LogP) is 3.30. The highest BCUT2D eigenvalue weighted by Crippen LogP contribution is 2.29. The Kier molecular flexibility index (Phi) is 5.31. The molecule has 2 aliphatic rings. The molecule has 1 aliphatic heterocycles. The molecule has 0 spiro atoms. The van der Waals surface area contributed by atoms with Gasteiger partial charge in [-0.3, -0.25) is 4.79 Å². The van der Waals surface area contributed by atoms with Crippen LogP contribution in [0.5, 0.6) is 0 Å². The van der Waals surface area contributed by atoms with Crippen molar-refractivity contribution in [2.45, 2.75) is 57.6 Å². The molecular weight excluding hydrogens is 290 g/mol. The van der Waals surface area contributed by atoms with E-state index in [1.165, 1.54) is 12.8 Å². The van der Waals surface area contributed by atoms with E-state index in [1.54, 1.807) is 4.90 Å². The lowest BCUT2D eigenvalue weighted by molar-refractivity contribution is -0.154. The lowest BCUT2D eigenvalue weighted by atomic mass is 10.0. The molecule has 0 bridgehead atoms. The monoisotopic (exact) mass is 315 g/mol. The molecule has 2 fully saturated rings. The third-order valence-electron chi connectivity index (χ3n) is 5.01. The molecule has 1 atom stereocenters. The molecule has 0 radical (unpaired) electrons. The number of hydrogen-bond acceptors (Lipinski definition) is 3. The Bertz CT molecular complexity index is 537. The van der Waals surface area contributed by atoms with Crippen LogP contribution in [0, 0.1) is 5.92 Å². The molecule has 0 aromatic heterocycles. The van der Waals surface area contributed by atoms with Crippen molar-refractivity contribution in [2.75, 3.05) is 6.54 Å². The van der Waals surface area contributed by atoms with Crippen LogP contribution < -0.4 is 0 Å². The standard InChI is InChI=1S/C19H25NO3/c21-18(13-15-7-4-5-8-15)20-12-6-11-17(20)19(22)23-14-16-9-2-1-3-10-16/h1-3,9-10,15,17H,4-8,11-14H2/t17-/m0/s1. The number of amides is 1. The zero-order valence-corrected chi connectivity index (χ0v) is 13.6. The molecule has 3 rings (SSSR count). The molecule has 4 heteroatoms. The van der Waals surface area contributed by atoms with Crippen molar-refractivity contribution in [3.8, 4) is 0 Å². The molecule has 0 unspecified atom stereocenters. The summed E-state index contributed by atoms with van der Waals surface area (Å²) >= 11 is 0. The Morgan fingerprint density at radius 1 is 1.04 bits per heavy atom. The van der Waals surface area contributed by atoms with Crippen molar-refractivity contribution in [3.63, 3.8) is 0 Å². The van der Waals surface area contributed by atoms with Crippen molar-refractivity contribution in [1.82, 2.24) is 4.90 Å². The van der Waals surface area contributed by atoms with Crippen molar-refractivity contribution in [3.05, 3.63) is 35.9 Å². The van der Waals surface area contributed by atoms with Gasteiger partial charge in [-0.1, -0.05) is 43.2 Å². The van der Waals surface area contributed by atoms with Crippen LogP contribution in [-0.2, 0) is 20.9 Å². The second kappa shape index (κ2) is 7.62. The fourth-order valence-corrected chi connectivity index (χ4v) is 3.71. The van der Waals surface area contributed by atoms with E-state index >= 15 is 0 Å². The molecule has 124 valence electrons. The lowest BCUT2D eigenvalue weighted by Crippen LogP contribution is -2.41. The molecule has 1 aliphatic carbocycles. The van der Waals surface area contributed by atoms with Crippen molar-refractivity contribution in [2.24, 2.45) is 5.92 Å². The fraction of sp³-hybridized carbons (Fsp3) is 0.579. The van der Waals surface area contributed by atoms with E-state index in [0.717, 1.165) is 31.2 Å². The van der Waals surface area contributed by atoms with Gasteiger partial charge in [-0.2, -0.15) is 0 Å². The van der Waals surface area contributed by atoms with Gasteiger partial charge in [-0.15, -0.1) is 0 Å². The summed E-state index contributed by atoms with van der Waals surface area (Å²) in [7, 11) is 0. The van der Waals surface area contributed by atoms with Gasteiger partial charge in [0.2, 0.25) is 5.91 Å². The summed E-state index contributed by atoms with van der Waals surface area (Å²) in [5, 5.41) is 0. The first-order chi connectivity index (χ1) is 11.2. The van der Waals surface area contributed by atoms with Gasteiger partial charge in [-0.05, 0) is 37.2 Å². The maximum atomic E-state index is 12.5. The molecule has 1 aromatic rings. The van der Waals surface area contributed by atoms with Crippen molar-refractivity contribution < 1.29 is 14.3 Å². The van der Waals surface area contributed by atoms with Crippen LogP contribution in [-0.4, -0.2) is 29.4 Å². The van der Waals surface area contributed by atoms with Gasteiger partial charge in [0, 0.05) is 13.0 Å². The third-order valence-corrected chi connectivity index (χ3v) is 5.01. The van der Waals surface area contributed by atoms with Gasteiger partial charge in [-0.25, -0.2) is 4.79 Å². The van der Waals surface area contributed by atoms with Crippen molar-refractivity contribution in [1.29, 1.82) is 0 Å². The van der Waals surface area contributed by atoms with E-state index in [1.807, 2.05) is 30.3 Å². The highest BCUT2D eigenvalue weighted by Gasteiger charge is 2.36. The topological polar surface area (TPSA) is 46.6 Å². The highest BCUT2D eigenvalue weighted by molar-refractivity contribution is 5.85. The Morgan fingerprint density at radius 2 is 1.78 bits per heavy atom. The minimum atomic E-state index is -0.382. The van der Waals surface area contributed by atoms with E-state index in [2.05, 4.69) is 0 Å².